The van der Waals surface area contributed by atoms with Crippen molar-refractivity contribution in [3.05, 3.63) is 42.0 Å². The fraction of sp³-hybridized carbons (Fsp3) is 0.476. The Labute approximate surface area is 164 Å². The minimum Gasteiger partial charge on any atom is -0.369 e. The van der Waals surface area contributed by atoms with Gasteiger partial charge in [-0.25, -0.2) is 9.97 Å². The molecule has 0 spiro atoms. The van der Waals surface area contributed by atoms with Crippen molar-refractivity contribution in [1.29, 1.82) is 0 Å². The number of hydrogen-bond acceptors (Lipinski definition) is 7. The highest BCUT2D eigenvalue weighted by Gasteiger charge is 2.21. The Bertz CT molecular complexity index is 956. The minimum atomic E-state index is 0.833. The summed E-state index contributed by atoms with van der Waals surface area (Å²) in [4.78, 5) is 16.4. The molecule has 2 saturated heterocycles. The summed E-state index contributed by atoms with van der Waals surface area (Å²) >= 11 is 0. The summed E-state index contributed by atoms with van der Waals surface area (Å²) in [6.07, 6.45) is 4.19. The maximum atomic E-state index is 5.36. The molecule has 4 heterocycles. The van der Waals surface area contributed by atoms with Crippen molar-refractivity contribution in [3.8, 4) is 0 Å². The van der Waals surface area contributed by atoms with E-state index in [4.69, 9.17) is 4.52 Å². The van der Waals surface area contributed by atoms with Crippen molar-refractivity contribution >= 4 is 22.4 Å². The summed E-state index contributed by atoms with van der Waals surface area (Å²) in [7, 11) is 0. The molecule has 0 aliphatic carbocycles. The zero-order valence-electron chi connectivity index (χ0n) is 16.3. The molecule has 5 rings (SSSR count). The van der Waals surface area contributed by atoms with Crippen LogP contribution in [0.2, 0.25) is 0 Å². The van der Waals surface area contributed by atoms with Gasteiger partial charge in [0, 0.05) is 56.4 Å². The second kappa shape index (κ2) is 7.39. The van der Waals surface area contributed by atoms with E-state index in [9.17, 15) is 0 Å². The van der Waals surface area contributed by atoms with Gasteiger partial charge in [-0.3, -0.25) is 4.90 Å². The van der Waals surface area contributed by atoms with Crippen molar-refractivity contribution in [1.82, 2.24) is 20.0 Å². The number of hydrogen-bond donors (Lipinski definition) is 0. The molecule has 2 aliphatic rings. The highest BCUT2D eigenvalue weighted by molar-refractivity contribution is 5.92. The Kier molecular flexibility index (Phi) is 4.60. The molecule has 0 unspecified atom stereocenters. The third-order valence-corrected chi connectivity index (χ3v) is 5.80. The van der Waals surface area contributed by atoms with Crippen LogP contribution in [-0.2, 0) is 6.54 Å². The summed E-state index contributed by atoms with van der Waals surface area (Å²) in [5.41, 5.74) is 3.23. The van der Waals surface area contributed by atoms with Gasteiger partial charge in [0.2, 0.25) is 0 Å². The van der Waals surface area contributed by atoms with Crippen LogP contribution in [0.5, 0.6) is 0 Å². The van der Waals surface area contributed by atoms with E-state index in [-0.39, 0.29) is 0 Å². The average Bonchev–Trinajstić information content (AvgIpc) is 3.40. The van der Waals surface area contributed by atoms with Crippen LogP contribution >= 0.6 is 0 Å². The Balaban J connectivity index is 1.32. The number of benzene rings is 1. The minimum absolute atomic E-state index is 0.833. The van der Waals surface area contributed by atoms with E-state index in [1.807, 2.05) is 13.0 Å². The number of anilines is 2. The molecule has 0 radical (unpaired) electrons. The molecule has 0 bridgehead atoms. The molecule has 0 atom stereocenters. The van der Waals surface area contributed by atoms with E-state index in [0.717, 1.165) is 68.6 Å². The normalized spacial score (nSPS) is 18.3. The number of aromatic nitrogens is 3. The number of nitrogens with zero attached hydrogens (tertiary/aromatic N) is 6. The van der Waals surface area contributed by atoms with Gasteiger partial charge in [0.1, 0.15) is 12.1 Å². The topological polar surface area (TPSA) is 61.5 Å². The standard InChI is InChI=1S/C21H26N6O/c1-16-12-18(28-24-16)14-25-8-10-26(11-9-25)17-4-5-20-19(13-17)21(23-15-22-20)27-6-2-3-7-27/h4-5,12-13,15H,2-3,6-11,14H2,1H3. The van der Waals surface area contributed by atoms with Gasteiger partial charge in [-0.1, -0.05) is 5.16 Å². The van der Waals surface area contributed by atoms with Crippen molar-refractivity contribution in [2.45, 2.75) is 26.3 Å². The van der Waals surface area contributed by atoms with E-state index >= 15 is 0 Å². The summed E-state index contributed by atoms with van der Waals surface area (Å²) in [6, 6.07) is 8.63. The Hall–Kier alpha value is -2.67. The van der Waals surface area contributed by atoms with Crippen LogP contribution in [0.4, 0.5) is 11.5 Å². The summed E-state index contributed by atoms with van der Waals surface area (Å²) in [5.74, 6) is 2.03. The number of rotatable bonds is 4. The van der Waals surface area contributed by atoms with Gasteiger partial charge in [0.15, 0.2) is 5.76 Å². The first-order valence-corrected chi connectivity index (χ1v) is 10.2. The third kappa shape index (κ3) is 3.42. The van der Waals surface area contributed by atoms with Crippen LogP contribution in [0.1, 0.15) is 24.3 Å². The van der Waals surface area contributed by atoms with E-state index in [1.165, 1.54) is 23.9 Å². The smallest absolute Gasteiger partial charge is 0.150 e. The molecule has 0 amide bonds. The third-order valence-electron chi connectivity index (χ3n) is 5.80. The highest BCUT2D eigenvalue weighted by atomic mass is 16.5. The van der Waals surface area contributed by atoms with E-state index < -0.39 is 0 Å². The van der Waals surface area contributed by atoms with Crippen LogP contribution in [0.3, 0.4) is 0 Å². The molecule has 7 nitrogen and oxygen atoms in total. The van der Waals surface area contributed by atoms with Crippen LogP contribution in [0.25, 0.3) is 10.9 Å². The second-order valence-corrected chi connectivity index (χ2v) is 7.79. The largest absolute Gasteiger partial charge is 0.369 e. The lowest BCUT2D eigenvalue weighted by Gasteiger charge is -2.35. The SMILES string of the molecule is Cc1cc(CN2CCN(c3ccc4ncnc(N5CCCC5)c4c3)CC2)on1. The Morgan fingerprint density at radius 2 is 1.75 bits per heavy atom. The number of aryl methyl sites for hydroxylation is 1. The summed E-state index contributed by atoms with van der Waals surface area (Å²) in [6.45, 7) is 9.03. The van der Waals surface area contributed by atoms with Crippen LogP contribution in [0, 0.1) is 6.92 Å². The zero-order chi connectivity index (χ0) is 18.9. The molecule has 146 valence electrons. The maximum Gasteiger partial charge on any atom is 0.150 e. The number of fused-ring (bicyclic) bond motifs is 1. The van der Waals surface area contributed by atoms with Gasteiger partial charge in [-0.15, -0.1) is 0 Å². The molecule has 2 aliphatic heterocycles. The van der Waals surface area contributed by atoms with Crippen molar-refractivity contribution in [2.75, 3.05) is 49.1 Å². The van der Waals surface area contributed by atoms with Gasteiger partial charge in [-0.05, 0) is 38.0 Å². The molecule has 3 aromatic rings. The lowest BCUT2D eigenvalue weighted by Crippen LogP contribution is -2.45. The lowest BCUT2D eigenvalue weighted by atomic mass is 10.1. The fourth-order valence-electron chi connectivity index (χ4n) is 4.28. The Morgan fingerprint density at radius 3 is 2.50 bits per heavy atom. The van der Waals surface area contributed by atoms with Crippen LogP contribution in [-0.4, -0.2) is 59.3 Å². The molecular weight excluding hydrogens is 352 g/mol. The first kappa shape index (κ1) is 17.4. The van der Waals surface area contributed by atoms with Crippen molar-refractivity contribution < 1.29 is 4.52 Å². The fourth-order valence-corrected chi connectivity index (χ4v) is 4.28. The van der Waals surface area contributed by atoms with Gasteiger partial charge in [0.05, 0.1) is 17.8 Å². The predicted octanol–water partition coefficient (Wildman–Crippen LogP) is 2.85. The second-order valence-electron chi connectivity index (χ2n) is 7.79. The molecule has 7 heteroatoms. The molecular formula is C21H26N6O. The molecule has 28 heavy (non-hydrogen) atoms. The number of piperazine rings is 1. The zero-order valence-corrected chi connectivity index (χ0v) is 16.3. The van der Waals surface area contributed by atoms with Crippen molar-refractivity contribution in [3.63, 3.8) is 0 Å². The van der Waals surface area contributed by atoms with Crippen LogP contribution < -0.4 is 9.80 Å². The van der Waals surface area contributed by atoms with E-state index in [1.54, 1.807) is 6.33 Å². The van der Waals surface area contributed by atoms with Gasteiger partial charge in [-0.2, -0.15) is 0 Å². The van der Waals surface area contributed by atoms with Gasteiger partial charge in [0.25, 0.3) is 0 Å². The first-order valence-electron chi connectivity index (χ1n) is 10.2. The Morgan fingerprint density at radius 1 is 0.929 bits per heavy atom. The average molecular weight is 378 g/mol. The van der Waals surface area contributed by atoms with Crippen LogP contribution in [0.15, 0.2) is 35.1 Å². The molecule has 1 aromatic carbocycles. The quantitative estimate of drug-likeness (QED) is 0.692. The van der Waals surface area contributed by atoms with E-state index in [2.05, 4.69) is 48.0 Å². The van der Waals surface area contributed by atoms with Gasteiger partial charge < -0.3 is 14.3 Å². The van der Waals surface area contributed by atoms with E-state index in [0.29, 0.717) is 0 Å². The van der Waals surface area contributed by atoms with Gasteiger partial charge >= 0.3 is 0 Å². The lowest BCUT2D eigenvalue weighted by molar-refractivity contribution is 0.219. The molecule has 2 fully saturated rings. The predicted molar refractivity (Wildman–Crippen MR) is 110 cm³/mol. The van der Waals surface area contributed by atoms with Crippen molar-refractivity contribution in [2.24, 2.45) is 0 Å². The summed E-state index contributed by atoms with van der Waals surface area (Å²) in [5, 5.41) is 5.15. The molecule has 0 N–H and O–H groups in total. The molecule has 2 aromatic heterocycles. The summed E-state index contributed by atoms with van der Waals surface area (Å²) < 4.78 is 5.36. The first-order chi connectivity index (χ1) is 13.8. The highest BCUT2D eigenvalue weighted by Crippen LogP contribution is 2.30. The molecule has 0 saturated carbocycles. The monoisotopic (exact) mass is 378 g/mol. The maximum absolute atomic E-state index is 5.36.